The van der Waals surface area contributed by atoms with Gasteiger partial charge in [-0.3, -0.25) is 0 Å². The second-order valence-corrected chi connectivity index (χ2v) is 6.50. The standard InChI is InChI=1S/C15H17BrN3.ClHO4/c1-12-15(16)5-4-10-19(12)17-11-13-6-8-14(9-7-13)18(2)3;2-1(3,4)5/h4-11H,1-3H3;(H,2,3,4,5)/q+1;/p-1/b17-11+;. The molecule has 1 heterocycles. The van der Waals surface area contributed by atoms with E-state index >= 15 is 0 Å². The molecule has 0 saturated carbocycles. The molecule has 9 heteroatoms. The van der Waals surface area contributed by atoms with E-state index in [2.05, 4.69) is 50.2 Å². The molecule has 1 aromatic carbocycles. The molecule has 0 aliphatic carbocycles. The van der Waals surface area contributed by atoms with Gasteiger partial charge >= 0.3 is 0 Å². The zero-order valence-corrected chi connectivity index (χ0v) is 15.7. The average Bonchev–Trinajstić information content (AvgIpc) is 2.47. The average molecular weight is 419 g/mol. The minimum Gasteiger partial charge on any atom is -0.378 e. The molecule has 0 aliphatic heterocycles. The number of aromatic nitrogens is 1. The van der Waals surface area contributed by atoms with E-state index in [1.807, 2.05) is 50.2 Å². The Labute approximate surface area is 151 Å². The lowest BCUT2D eigenvalue weighted by atomic mass is 10.2. The van der Waals surface area contributed by atoms with Crippen LogP contribution in [0.2, 0.25) is 0 Å². The fourth-order valence-electron chi connectivity index (χ4n) is 1.66. The lowest BCUT2D eigenvalue weighted by Gasteiger charge is -2.17. The highest BCUT2D eigenvalue weighted by Crippen LogP contribution is 2.11. The quantitative estimate of drug-likeness (QED) is 0.433. The fourth-order valence-corrected chi connectivity index (χ4v) is 2.00. The zero-order valence-electron chi connectivity index (χ0n) is 13.3. The topological polar surface area (TPSA) is 112 Å². The number of anilines is 1. The maximum atomic E-state index is 8.49. The van der Waals surface area contributed by atoms with E-state index in [1.165, 1.54) is 5.69 Å². The molecule has 2 rings (SSSR count). The number of benzene rings is 1. The van der Waals surface area contributed by atoms with Gasteiger partial charge in [0.15, 0.2) is 0 Å². The third-order valence-electron chi connectivity index (χ3n) is 2.90. The molecule has 0 amide bonds. The molecular weight excluding hydrogens is 402 g/mol. The van der Waals surface area contributed by atoms with Gasteiger partial charge in [-0.05, 0) is 44.8 Å². The van der Waals surface area contributed by atoms with Crippen molar-refractivity contribution in [2.24, 2.45) is 5.10 Å². The number of pyridine rings is 1. The van der Waals surface area contributed by atoms with Crippen molar-refractivity contribution in [3.8, 4) is 0 Å². The van der Waals surface area contributed by atoms with E-state index < -0.39 is 10.2 Å². The van der Waals surface area contributed by atoms with Crippen LogP contribution in [0, 0.1) is 17.2 Å². The van der Waals surface area contributed by atoms with Crippen LogP contribution in [0.3, 0.4) is 0 Å². The molecule has 0 radical (unpaired) electrons. The highest BCUT2D eigenvalue weighted by atomic mass is 79.9. The minimum absolute atomic E-state index is 1.05. The van der Waals surface area contributed by atoms with Crippen LogP contribution < -0.4 is 28.2 Å². The van der Waals surface area contributed by atoms with Crippen LogP contribution in [0.5, 0.6) is 0 Å². The molecule has 0 spiro atoms. The largest absolute Gasteiger partial charge is 0.378 e. The van der Waals surface area contributed by atoms with E-state index in [1.54, 1.807) is 0 Å². The summed E-state index contributed by atoms with van der Waals surface area (Å²) in [5.41, 5.74) is 3.34. The Kier molecular flexibility index (Phi) is 7.74. The van der Waals surface area contributed by atoms with Gasteiger partial charge in [0.2, 0.25) is 11.9 Å². The summed E-state index contributed by atoms with van der Waals surface area (Å²) in [5.74, 6) is 0. The van der Waals surface area contributed by atoms with E-state index in [0.29, 0.717) is 0 Å². The molecule has 130 valence electrons. The third-order valence-corrected chi connectivity index (χ3v) is 3.74. The monoisotopic (exact) mass is 417 g/mol. The molecule has 2 aromatic rings. The van der Waals surface area contributed by atoms with Crippen LogP contribution in [0.15, 0.2) is 52.2 Å². The molecule has 0 N–H and O–H groups in total. The van der Waals surface area contributed by atoms with Crippen molar-refractivity contribution < 1.29 is 33.6 Å². The molecule has 0 saturated heterocycles. The Morgan fingerprint density at radius 3 is 2.12 bits per heavy atom. The van der Waals surface area contributed by atoms with Crippen LogP contribution in [0.4, 0.5) is 5.69 Å². The maximum absolute atomic E-state index is 8.49. The lowest BCUT2D eigenvalue weighted by Crippen LogP contribution is -2.68. The van der Waals surface area contributed by atoms with Crippen LogP contribution in [-0.2, 0) is 0 Å². The first-order chi connectivity index (χ1) is 11.1. The van der Waals surface area contributed by atoms with Crippen molar-refractivity contribution >= 4 is 27.8 Å². The van der Waals surface area contributed by atoms with Gasteiger partial charge in [0.05, 0.1) is 4.47 Å². The molecule has 0 aliphatic rings. The summed E-state index contributed by atoms with van der Waals surface area (Å²) in [6, 6.07) is 12.3. The molecule has 0 fully saturated rings. The van der Waals surface area contributed by atoms with Crippen LogP contribution in [0.1, 0.15) is 11.3 Å². The van der Waals surface area contributed by atoms with Crippen molar-refractivity contribution in [1.29, 1.82) is 0 Å². The van der Waals surface area contributed by atoms with Crippen molar-refractivity contribution in [1.82, 2.24) is 0 Å². The SMILES string of the molecule is Cc1c(Br)ccc[n+]1/N=C/c1ccc(N(C)C)cc1.[O-][Cl+3]([O-])([O-])[O-]. The Morgan fingerprint density at radius 2 is 1.62 bits per heavy atom. The zero-order chi connectivity index (χ0) is 18.3. The van der Waals surface area contributed by atoms with E-state index in [0.717, 1.165) is 15.7 Å². The van der Waals surface area contributed by atoms with Crippen molar-refractivity contribution in [2.75, 3.05) is 19.0 Å². The van der Waals surface area contributed by atoms with Gasteiger partial charge < -0.3 is 4.90 Å². The van der Waals surface area contributed by atoms with Crippen molar-refractivity contribution in [2.45, 2.75) is 6.92 Å². The number of halogens is 2. The van der Waals surface area contributed by atoms with Gasteiger partial charge in [-0.1, -0.05) is 16.8 Å². The second-order valence-electron chi connectivity index (χ2n) is 4.89. The number of hydrogen-bond acceptors (Lipinski definition) is 6. The summed E-state index contributed by atoms with van der Waals surface area (Å²) in [6.45, 7) is 2.02. The highest BCUT2D eigenvalue weighted by Gasteiger charge is 2.07. The van der Waals surface area contributed by atoms with Gasteiger partial charge in [-0.15, -0.1) is 10.2 Å². The van der Waals surface area contributed by atoms with Gasteiger partial charge in [-0.25, -0.2) is 18.6 Å². The van der Waals surface area contributed by atoms with E-state index in [9.17, 15) is 0 Å². The van der Waals surface area contributed by atoms with Crippen molar-refractivity contribution in [3.05, 3.63) is 58.3 Å². The summed E-state index contributed by atoms with van der Waals surface area (Å²) in [4.78, 5) is 2.08. The first-order valence-electron chi connectivity index (χ1n) is 6.68. The Bertz CT molecular complexity index is 682. The smallest absolute Gasteiger partial charge is 0.225 e. The van der Waals surface area contributed by atoms with Crippen LogP contribution in [0.25, 0.3) is 0 Å². The summed E-state index contributed by atoms with van der Waals surface area (Å²) in [7, 11) is -0.881. The highest BCUT2D eigenvalue weighted by molar-refractivity contribution is 9.10. The maximum Gasteiger partial charge on any atom is 0.225 e. The third kappa shape index (κ3) is 7.82. The van der Waals surface area contributed by atoms with E-state index in [4.69, 9.17) is 18.6 Å². The number of nitrogens with zero attached hydrogens (tertiary/aromatic N) is 3. The molecule has 0 bridgehead atoms. The summed E-state index contributed by atoms with van der Waals surface area (Å²) >= 11 is 3.50. The van der Waals surface area contributed by atoms with Gasteiger partial charge in [0.25, 0.3) is 0 Å². The van der Waals surface area contributed by atoms with Gasteiger partial charge in [0.1, 0.15) is 6.21 Å². The first kappa shape index (κ1) is 20.5. The van der Waals surface area contributed by atoms with Gasteiger partial charge in [-0.2, -0.15) is 0 Å². The Balaban J connectivity index is 0.000000505. The molecule has 0 unspecified atom stereocenters. The first-order valence-corrected chi connectivity index (χ1v) is 8.71. The Hall–Kier alpha value is -1.55. The normalized spacial score (nSPS) is 11.2. The molecule has 1 aromatic heterocycles. The minimum atomic E-state index is -4.94. The Morgan fingerprint density at radius 1 is 1.08 bits per heavy atom. The predicted molar refractivity (Wildman–Crippen MR) is 82.8 cm³/mol. The lowest BCUT2D eigenvalue weighted by molar-refractivity contribution is -2.00. The van der Waals surface area contributed by atoms with Crippen LogP contribution in [-0.4, -0.2) is 20.3 Å². The number of hydrogen-bond donors (Lipinski definition) is 0. The molecular formula is C15H17BrClN3O4. The predicted octanol–water partition coefficient (Wildman–Crippen LogP) is -1.76. The van der Waals surface area contributed by atoms with Crippen LogP contribution >= 0.6 is 15.9 Å². The van der Waals surface area contributed by atoms with Crippen molar-refractivity contribution in [3.63, 3.8) is 0 Å². The number of rotatable bonds is 3. The van der Waals surface area contributed by atoms with Gasteiger partial charge in [0, 0.05) is 32.8 Å². The summed E-state index contributed by atoms with van der Waals surface area (Å²) in [6.07, 6.45) is 3.80. The molecule has 24 heavy (non-hydrogen) atoms. The summed E-state index contributed by atoms with van der Waals surface area (Å²) < 4.78 is 36.9. The fraction of sp³-hybridized carbons (Fsp3) is 0.200. The molecule has 0 atom stereocenters. The molecule has 7 nitrogen and oxygen atoms in total. The summed E-state index contributed by atoms with van der Waals surface area (Å²) in [5, 5.41) is 4.46. The second kappa shape index (κ2) is 9.07. The van der Waals surface area contributed by atoms with E-state index in [-0.39, 0.29) is 0 Å².